The molecule has 0 unspecified atom stereocenters. The first-order chi connectivity index (χ1) is 12.2. The summed E-state index contributed by atoms with van der Waals surface area (Å²) in [5.74, 6) is 0.103. The first kappa shape index (κ1) is 16.2. The predicted octanol–water partition coefficient (Wildman–Crippen LogP) is 3.39. The van der Waals surface area contributed by atoms with Gasteiger partial charge in [0, 0.05) is 48.6 Å². The quantitative estimate of drug-likeness (QED) is 0.783. The van der Waals surface area contributed by atoms with Crippen LogP contribution in [0.1, 0.15) is 16.1 Å². The summed E-state index contributed by atoms with van der Waals surface area (Å²) in [6.07, 6.45) is 0. The summed E-state index contributed by atoms with van der Waals surface area (Å²) in [7, 11) is 0. The molecule has 1 amide bonds. The number of halogens is 1. The number of rotatable bonds is 3. The maximum Gasteiger partial charge on any atom is 0.270 e. The Morgan fingerprint density at radius 1 is 1.04 bits per heavy atom. The number of amides is 1. The van der Waals surface area contributed by atoms with Crippen LogP contribution in [0.3, 0.4) is 0 Å². The Labute approximate surface area is 152 Å². The van der Waals surface area contributed by atoms with Crippen molar-refractivity contribution in [2.45, 2.75) is 6.54 Å². The number of hydrogen-bond acceptors (Lipinski definition) is 2. The van der Waals surface area contributed by atoms with Crippen LogP contribution in [0, 0.1) is 0 Å². The zero-order valence-electron chi connectivity index (χ0n) is 13.9. The minimum Gasteiger partial charge on any atom is -0.335 e. The maximum absolute atomic E-state index is 13.1. The second kappa shape index (κ2) is 6.90. The van der Waals surface area contributed by atoms with Gasteiger partial charge >= 0.3 is 0 Å². The van der Waals surface area contributed by atoms with E-state index >= 15 is 0 Å². The Balaban J connectivity index is 1.75. The van der Waals surface area contributed by atoms with E-state index in [1.165, 1.54) is 0 Å². The molecule has 2 aromatic carbocycles. The van der Waals surface area contributed by atoms with Crippen molar-refractivity contribution >= 4 is 28.4 Å². The van der Waals surface area contributed by atoms with Crippen molar-refractivity contribution < 1.29 is 4.79 Å². The number of hydrogen-bond donors (Lipinski definition) is 1. The summed E-state index contributed by atoms with van der Waals surface area (Å²) in [5.41, 5.74) is 2.95. The Hall–Kier alpha value is -2.30. The number of para-hydroxylation sites is 1. The van der Waals surface area contributed by atoms with Gasteiger partial charge in [-0.05, 0) is 29.8 Å². The number of fused-ring (bicyclic) bond motifs is 1. The predicted molar refractivity (Wildman–Crippen MR) is 101 cm³/mol. The van der Waals surface area contributed by atoms with Gasteiger partial charge in [-0.2, -0.15) is 0 Å². The monoisotopic (exact) mass is 353 g/mol. The first-order valence-electron chi connectivity index (χ1n) is 8.55. The molecule has 25 heavy (non-hydrogen) atoms. The zero-order valence-corrected chi connectivity index (χ0v) is 14.7. The summed E-state index contributed by atoms with van der Waals surface area (Å²) in [4.78, 5) is 15.0. The van der Waals surface area contributed by atoms with Gasteiger partial charge in [-0.3, -0.25) is 4.79 Å². The molecular formula is C20H20ClN3O. The molecule has 3 aromatic rings. The highest BCUT2D eigenvalue weighted by molar-refractivity contribution is 6.30. The molecule has 1 N–H and O–H groups in total. The lowest BCUT2D eigenvalue weighted by Gasteiger charge is -2.27. The Morgan fingerprint density at radius 3 is 2.52 bits per heavy atom. The number of carbonyl (C=O) groups excluding carboxylic acids is 1. The van der Waals surface area contributed by atoms with Gasteiger partial charge in [-0.15, -0.1) is 0 Å². The maximum atomic E-state index is 13.1. The molecule has 4 rings (SSSR count). The number of nitrogens with one attached hydrogen (secondary N) is 1. The minimum atomic E-state index is 0.103. The molecule has 1 aliphatic rings. The smallest absolute Gasteiger partial charge is 0.270 e. The summed E-state index contributed by atoms with van der Waals surface area (Å²) in [5, 5.41) is 5.11. The van der Waals surface area contributed by atoms with E-state index in [0.29, 0.717) is 6.54 Å². The van der Waals surface area contributed by atoms with Gasteiger partial charge in [-0.25, -0.2) is 0 Å². The second-order valence-corrected chi connectivity index (χ2v) is 6.78. The van der Waals surface area contributed by atoms with Crippen LogP contribution >= 0.6 is 11.6 Å². The number of aromatic nitrogens is 1. The summed E-state index contributed by atoms with van der Waals surface area (Å²) in [6, 6.07) is 18.0. The normalized spacial score (nSPS) is 14.8. The molecule has 0 spiro atoms. The van der Waals surface area contributed by atoms with Crippen molar-refractivity contribution in [3.8, 4) is 0 Å². The van der Waals surface area contributed by atoms with Gasteiger partial charge in [0.15, 0.2) is 0 Å². The van der Waals surface area contributed by atoms with Crippen molar-refractivity contribution in [1.82, 2.24) is 14.8 Å². The van der Waals surface area contributed by atoms with Crippen LogP contribution < -0.4 is 5.32 Å². The summed E-state index contributed by atoms with van der Waals surface area (Å²) < 4.78 is 2.11. The lowest BCUT2D eigenvalue weighted by Crippen LogP contribution is -2.46. The lowest BCUT2D eigenvalue weighted by atomic mass is 10.2. The van der Waals surface area contributed by atoms with E-state index in [0.717, 1.165) is 53.4 Å². The van der Waals surface area contributed by atoms with E-state index in [9.17, 15) is 4.79 Å². The SMILES string of the molecule is O=C(c1cc2ccccc2n1Cc1ccc(Cl)cc1)N1CCNCC1. The molecule has 1 fully saturated rings. The van der Waals surface area contributed by atoms with E-state index in [2.05, 4.69) is 22.0 Å². The molecule has 0 saturated carbocycles. The van der Waals surface area contributed by atoms with E-state index < -0.39 is 0 Å². The molecule has 4 nitrogen and oxygen atoms in total. The molecule has 0 atom stereocenters. The van der Waals surface area contributed by atoms with Crippen molar-refractivity contribution in [3.05, 3.63) is 70.9 Å². The van der Waals surface area contributed by atoms with Crippen LogP contribution in [0.15, 0.2) is 54.6 Å². The molecule has 0 bridgehead atoms. The van der Waals surface area contributed by atoms with Crippen LogP contribution in [-0.4, -0.2) is 41.6 Å². The van der Waals surface area contributed by atoms with Gasteiger partial charge in [0.2, 0.25) is 0 Å². The van der Waals surface area contributed by atoms with E-state index in [1.54, 1.807) is 0 Å². The molecule has 2 heterocycles. The van der Waals surface area contributed by atoms with Gasteiger partial charge in [0.25, 0.3) is 5.91 Å². The molecule has 0 radical (unpaired) electrons. The number of nitrogens with zero attached hydrogens (tertiary/aromatic N) is 2. The largest absolute Gasteiger partial charge is 0.335 e. The van der Waals surface area contributed by atoms with Crippen molar-refractivity contribution in [2.24, 2.45) is 0 Å². The van der Waals surface area contributed by atoms with Gasteiger partial charge in [0.1, 0.15) is 5.69 Å². The number of piperazine rings is 1. The standard InChI is InChI=1S/C20H20ClN3O/c21-17-7-5-15(6-8-17)14-24-18-4-2-1-3-16(18)13-19(24)20(25)23-11-9-22-10-12-23/h1-8,13,22H,9-12,14H2. The first-order valence-corrected chi connectivity index (χ1v) is 8.93. The molecular weight excluding hydrogens is 334 g/mol. The van der Waals surface area contributed by atoms with Crippen molar-refractivity contribution in [2.75, 3.05) is 26.2 Å². The van der Waals surface area contributed by atoms with Crippen LogP contribution in [0.2, 0.25) is 5.02 Å². The number of benzene rings is 2. The molecule has 1 aromatic heterocycles. The van der Waals surface area contributed by atoms with Crippen molar-refractivity contribution in [1.29, 1.82) is 0 Å². The van der Waals surface area contributed by atoms with E-state index in [-0.39, 0.29) is 5.91 Å². The summed E-state index contributed by atoms with van der Waals surface area (Å²) in [6.45, 7) is 3.85. The van der Waals surface area contributed by atoms with Crippen LogP contribution in [0.5, 0.6) is 0 Å². The molecule has 1 aliphatic heterocycles. The molecule has 5 heteroatoms. The molecule has 1 saturated heterocycles. The highest BCUT2D eigenvalue weighted by atomic mass is 35.5. The fraction of sp³-hybridized carbons (Fsp3) is 0.250. The zero-order chi connectivity index (χ0) is 17.2. The fourth-order valence-electron chi connectivity index (χ4n) is 3.36. The van der Waals surface area contributed by atoms with Gasteiger partial charge in [0.05, 0.1) is 0 Å². The Kier molecular flexibility index (Phi) is 4.47. The van der Waals surface area contributed by atoms with Crippen LogP contribution in [-0.2, 0) is 6.54 Å². The number of carbonyl (C=O) groups is 1. The van der Waals surface area contributed by atoms with E-state index in [1.807, 2.05) is 47.4 Å². The minimum absolute atomic E-state index is 0.103. The average Bonchev–Trinajstić information content (AvgIpc) is 3.02. The fourth-order valence-corrected chi connectivity index (χ4v) is 3.49. The van der Waals surface area contributed by atoms with E-state index in [4.69, 9.17) is 11.6 Å². The lowest BCUT2D eigenvalue weighted by molar-refractivity contribution is 0.0726. The second-order valence-electron chi connectivity index (χ2n) is 6.34. The topological polar surface area (TPSA) is 37.3 Å². The Bertz CT molecular complexity index is 895. The highest BCUT2D eigenvalue weighted by Gasteiger charge is 2.22. The molecule has 0 aliphatic carbocycles. The van der Waals surface area contributed by atoms with Gasteiger partial charge < -0.3 is 14.8 Å². The molecule has 128 valence electrons. The highest BCUT2D eigenvalue weighted by Crippen LogP contribution is 2.23. The summed E-state index contributed by atoms with van der Waals surface area (Å²) >= 11 is 6.00. The van der Waals surface area contributed by atoms with Crippen LogP contribution in [0.4, 0.5) is 0 Å². The third-order valence-corrected chi connectivity index (χ3v) is 4.94. The third kappa shape index (κ3) is 3.28. The average molecular weight is 354 g/mol. The van der Waals surface area contributed by atoms with Gasteiger partial charge in [-0.1, -0.05) is 41.9 Å². The Morgan fingerprint density at radius 2 is 1.76 bits per heavy atom. The third-order valence-electron chi connectivity index (χ3n) is 4.69. The van der Waals surface area contributed by atoms with Crippen LogP contribution in [0.25, 0.3) is 10.9 Å². The van der Waals surface area contributed by atoms with Crippen molar-refractivity contribution in [3.63, 3.8) is 0 Å².